The van der Waals surface area contributed by atoms with E-state index in [9.17, 15) is 0 Å². The maximum Gasteiger partial charge on any atom is 0.00923 e. The Morgan fingerprint density at radius 3 is 2.24 bits per heavy atom. The van der Waals surface area contributed by atoms with Crippen LogP contribution in [0.3, 0.4) is 0 Å². The van der Waals surface area contributed by atoms with Gasteiger partial charge in [-0.25, -0.2) is 0 Å². The minimum atomic E-state index is 0.527. The molecule has 21 heavy (non-hydrogen) atoms. The molecule has 1 atom stereocenters. The van der Waals surface area contributed by atoms with Crippen molar-refractivity contribution < 1.29 is 0 Å². The highest BCUT2D eigenvalue weighted by Gasteiger charge is 2.38. The smallest absolute Gasteiger partial charge is 0.00923 e. The summed E-state index contributed by atoms with van der Waals surface area (Å²) in [6.07, 6.45) is 8.61. The first kappa shape index (κ1) is 17.3. The third kappa shape index (κ3) is 5.25. The molecule has 0 radical (unpaired) electrons. The number of nitrogens with zero attached hydrogens (tertiary/aromatic N) is 1. The zero-order chi connectivity index (χ0) is 15.5. The van der Waals surface area contributed by atoms with E-state index in [0.29, 0.717) is 5.41 Å². The first-order valence-corrected chi connectivity index (χ1v) is 9.33. The first-order valence-electron chi connectivity index (χ1n) is 9.33. The molecule has 0 aromatic heterocycles. The van der Waals surface area contributed by atoms with Crippen LogP contribution in [-0.2, 0) is 0 Å². The molecular formula is C19H38N2. The minimum absolute atomic E-state index is 0.527. The molecule has 0 aromatic rings. The Bertz CT molecular complexity index is 301. The lowest BCUT2D eigenvalue weighted by Crippen LogP contribution is -2.48. The number of nitrogens with one attached hydrogen (secondary N) is 1. The fraction of sp³-hybridized carbons (Fsp3) is 1.00. The average Bonchev–Trinajstić information content (AvgIpc) is 3.25. The number of hydrogen-bond acceptors (Lipinski definition) is 2. The Morgan fingerprint density at radius 2 is 1.71 bits per heavy atom. The predicted octanol–water partition coefficient (Wildman–Crippen LogP) is 4.16. The molecule has 0 aromatic carbocycles. The Balaban J connectivity index is 1.90. The zero-order valence-corrected chi connectivity index (χ0v) is 15.1. The summed E-state index contributed by atoms with van der Waals surface area (Å²) in [6, 6.07) is 0.784. The van der Waals surface area contributed by atoms with E-state index in [2.05, 4.69) is 45.0 Å². The Kier molecular flexibility index (Phi) is 6.14. The molecule has 124 valence electrons. The Morgan fingerprint density at radius 1 is 1.10 bits per heavy atom. The van der Waals surface area contributed by atoms with Crippen molar-refractivity contribution in [3.05, 3.63) is 0 Å². The summed E-state index contributed by atoms with van der Waals surface area (Å²) in [5, 5.41) is 3.77. The summed E-state index contributed by atoms with van der Waals surface area (Å²) >= 11 is 0. The van der Waals surface area contributed by atoms with E-state index in [1.54, 1.807) is 0 Å². The van der Waals surface area contributed by atoms with E-state index in [1.165, 1.54) is 58.2 Å². The molecule has 0 aliphatic heterocycles. The van der Waals surface area contributed by atoms with Gasteiger partial charge in [-0.2, -0.15) is 0 Å². The van der Waals surface area contributed by atoms with Crippen LogP contribution in [0.5, 0.6) is 0 Å². The van der Waals surface area contributed by atoms with E-state index in [-0.39, 0.29) is 0 Å². The molecule has 2 rings (SSSR count). The van der Waals surface area contributed by atoms with Crippen molar-refractivity contribution in [1.29, 1.82) is 0 Å². The highest BCUT2D eigenvalue weighted by Crippen LogP contribution is 2.41. The number of rotatable bonds is 8. The second kappa shape index (κ2) is 7.46. The van der Waals surface area contributed by atoms with Gasteiger partial charge in [-0.3, -0.25) is 0 Å². The molecule has 2 aliphatic rings. The van der Waals surface area contributed by atoms with Gasteiger partial charge >= 0.3 is 0 Å². The predicted molar refractivity (Wildman–Crippen MR) is 92.6 cm³/mol. The van der Waals surface area contributed by atoms with Crippen LogP contribution in [0.2, 0.25) is 0 Å². The van der Waals surface area contributed by atoms with Crippen LogP contribution in [-0.4, -0.2) is 37.6 Å². The lowest BCUT2D eigenvalue weighted by molar-refractivity contribution is 0.0765. The second-order valence-electron chi connectivity index (χ2n) is 8.70. The summed E-state index contributed by atoms with van der Waals surface area (Å²) in [6.45, 7) is 13.2. The summed E-state index contributed by atoms with van der Waals surface area (Å²) in [7, 11) is 2.37. The van der Waals surface area contributed by atoms with Crippen LogP contribution < -0.4 is 5.32 Å². The van der Waals surface area contributed by atoms with E-state index in [4.69, 9.17) is 0 Å². The zero-order valence-electron chi connectivity index (χ0n) is 15.1. The Hall–Kier alpha value is -0.0800. The highest BCUT2D eigenvalue weighted by molar-refractivity contribution is 4.92. The first-order chi connectivity index (χ1) is 9.92. The molecule has 2 aliphatic carbocycles. The van der Waals surface area contributed by atoms with Crippen LogP contribution in [0, 0.1) is 23.2 Å². The lowest BCUT2D eigenvalue weighted by atomic mass is 9.70. The maximum absolute atomic E-state index is 3.77. The third-order valence-corrected chi connectivity index (χ3v) is 5.97. The molecule has 0 bridgehead atoms. The van der Waals surface area contributed by atoms with Gasteiger partial charge < -0.3 is 10.2 Å². The van der Waals surface area contributed by atoms with Gasteiger partial charge in [0.25, 0.3) is 0 Å². The monoisotopic (exact) mass is 294 g/mol. The molecular weight excluding hydrogens is 256 g/mol. The van der Waals surface area contributed by atoms with Crippen molar-refractivity contribution in [2.75, 3.05) is 26.7 Å². The molecule has 2 saturated carbocycles. The van der Waals surface area contributed by atoms with Crippen molar-refractivity contribution in [1.82, 2.24) is 10.2 Å². The second-order valence-corrected chi connectivity index (χ2v) is 8.70. The molecule has 0 spiro atoms. The topological polar surface area (TPSA) is 15.3 Å². The van der Waals surface area contributed by atoms with Gasteiger partial charge in [-0.15, -0.1) is 0 Å². The van der Waals surface area contributed by atoms with Crippen molar-refractivity contribution in [3.63, 3.8) is 0 Å². The normalized spacial score (nSPS) is 31.9. The quantitative estimate of drug-likeness (QED) is 0.723. The fourth-order valence-corrected chi connectivity index (χ4v) is 4.00. The van der Waals surface area contributed by atoms with Gasteiger partial charge in [0, 0.05) is 19.1 Å². The van der Waals surface area contributed by atoms with E-state index < -0.39 is 0 Å². The van der Waals surface area contributed by atoms with Gasteiger partial charge in [0.15, 0.2) is 0 Å². The van der Waals surface area contributed by atoms with E-state index in [0.717, 1.165) is 23.8 Å². The molecule has 2 heteroatoms. The molecule has 1 unspecified atom stereocenters. The third-order valence-electron chi connectivity index (χ3n) is 5.97. The van der Waals surface area contributed by atoms with E-state index in [1.807, 2.05) is 0 Å². The minimum Gasteiger partial charge on any atom is -0.316 e. The van der Waals surface area contributed by atoms with Crippen molar-refractivity contribution in [3.8, 4) is 0 Å². The van der Waals surface area contributed by atoms with E-state index >= 15 is 0 Å². The molecule has 2 fully saturated rings. The SMILES string of the molecule is CC(C)CNCC1(CN(C)C(C)C2CC2)CCC(C)CC1. The van der Waals surface area contributed by atoms with Gasteiger partial charge in [-0.1, -0.05) is 33.6 Å². The van der Waals surface area contributed by atoms with Crippen molar-refractivity contribution in [2.24, 2.45) is 23.2 Å². The van der Waals surface area contributed by atoms with Crippen LogP contribution in [0.15, 0.2) is 0 Å². The Labute approximate surface area is 133 Å². The maximum atomic E-state index is 3.77. The summed E-state index contributed by atoms with van der Waals surface area (Å²) in [5.74, 6) is 2.68. The van der Waals surface area contributed by atoms with Crippen molar-refractivity contribution >= 4 is 0 Å². The van der Waals surface area contributed by atoms with Crippen LogP contribution in [0.4, 0.5) is 0 Å². The van der Waals surface area contributed by atoms with Crippen LogP contribution >= 0.6 is 0 Å². The summed E-state index contributed by atoms with van der Waals surface area (Å²) < 4.78 is 0. The highest BCUT2D eigenvalue weighted by atomic mass is 15.1. The van der Waals surface area contributed by atoms with Crippen molar-refractivity contribution in [2.45, 2.75) is 72.3 Å². The molecule has 0 heterocycles. The average molecular weight is 295 g/mol. The van der Waals surface area contributed by atoms with Crippen LogP contribution in [0.1, 0.15) is 66.2 Å². The van der Waals surface area contributed by atoms with Gasteiger partial charge in [0.1, 0.15) is 0 Å². The standard InChI is InChI=1S/C19H38N2/c1-15(2)12-20-13-19(10-8-16(3)9-11-19)14-21(5)17(4)18-6-7-18/h15-18,20H,6-14H2,1-5H3. The van der Waals surface area contributed by atoms with Crippen LogP contribution in [0.25, 0.3) is 0 Å². The molecule has 0 amide bonds. The lowest BCUT2D eigenvalue weighted by Gasteiger charge is -2.44. The largest absolute Gasteiger partial charge is 0.316 e. The molecule has 1 N–H and O–H groups in total. The number of hydrogen-bond donors (Lipinski definition) is 1. The summed E-state index contributed by atoms with van der Waals surface area (Å²) in [4.78, 5) is 2.67. The summed E-state index contributed by atoms with van der Waals surface area (Å²) in [5.41, 5.74) is 0.527. The molecule has 0 saturated heterocycles. The molecule has 2 nitrogen and oxygen atoms in total. The fourth-order valence-electron chi connectivity index (χ4n) is 4.00. The van der Waals surface area contributed by atoms with Gasteiger partial charge in [-0.05, 0) is 69.4 Å². The van der Waals surface area contributed by atoms with Gasteiger partial charge in [0.2, 0.25) is 0 Å². The van der Waals surface area contributed by atoms with Gasteiger partial charge in [0.05, 0.1) is 0 Å².